The van der Waals surface area contributed by atoms with Gasteiger partial charge in [0.25, 0.3) is 0 Å². The van der Waals surface area contributed by atoms with Gasteiger partial charge in [-0.3, -0.25) is 0 Å². The van der Waals surface area contributed by atoms with Crippen LogP contribution >= 0.6 is 27.5 Å². The van der Waals surface area contributed by atoms with Gasteiger partial charge in [-0.05, 0) is 43.1 Å². The summed E-state index contributed by atoms with van der Waals surface area (Å²) >= 11 is 9.79. The smallest absolute Gasteiger partial charge is 0.0802 e. The second-order valence-electron chi connectivity index (χ2n) is 4.93. The van der Waals surface area contributed by atoms with Crippen molar-refractivity contribution in [3.63, 3.8) is 0 Å². The Morgan fingerprint density at radius 3 is 2.86 bits per heavy atom. The molecule has 1 N–H and O–H groups in total. The fraction of sp³-hybridized carbons (Fsp3) is 0.467. The Morgan fingerprint density at radius 2 is 2.14 bits per heavy atom. The Hall–Kier alpha value is -0.910. The third-order valence-electron chi connectivity index (χ3n) is 3.25. The van der Waals surface area contributed by atoms with Crippen molar-refractivity contribution < 1.29 is 0 Å². The number of aromatic nitrogens is 3. The molecule has 1 unspecified atom stereocenters. The van der Waals surface area contributed by atoms with E-state index in [1.165, 1.54) is 0 Å². The van der Waals surface area contributed by atoms with Crippen LogP contribution in [0.4, 0.5) is 0 Å². The first-order chi connectivity index (χ1) is 10.2. The van der Waals surface area contributed by atoms with Crippen molar-refractivity contribution in [2.75, 3.05) is 6.54 Å². The molecule has 4 nitrogen and oxygen atoms in total. The molecule has 1 atom stereocenters. The second-order valence-corrected chi connectivity index (χ2v) is 6.23. The number of hydrogen-bond acceptors (Lipinski definition) is 3. The van der Waals surface area contributed by atoms with Gasteiger partial charge in [-0.2, -0.15) is 0 Å². The summed E-state index contributed by atoms with van der Waals surface area (Å²) in [6, 6.07) is 5.88. The highest BCUT2D eigenvalue weighted by molar-refractivity contribution is 9.10. The summed E-state index contributed by atoms with van der Waals surface area (Å²) in [5.74, 6) is 0. The van der Waals surface area contributed by atoms with Gasteiger partial charge in [-0.1, -0.05) is 46.6 Å². The Labute approximate surface area is 139 Å². The van der Waals surface area contributed by atoms with Crippen LogP contribution in [0.5, 0.6) is 0 Å². The Bertz CT molecular complexity index is 585. The first-order valence-corrected chi connectivity index (χ1v) is 8.41. The van der Waals surface area contributed by atoms with E-state index in [0.717, 1.165) is 46.7 Å². The topological polar surface area (TPSA) is 42.7 Å². The predicted molar refractivity (Wildman–Crippen MR) is 89.6 cm³/mol. The highest BCUT2D eigenvalue weighted by Gasteiger charge is 2.21. The van der Waals surface area contributed by atoms with Gasteiger partial charge >= 0.3 is 0 Å². The van der Waals surface area contributed by atoms with Gasteiger partial charge in [-0.25, -0.2) is 4.68 Å². The lowest BCUT2D eigenvalue weighted by Crippen LogP contribution is -2.26. The van der Waals surface area contributed by atoms with Crippen molar-refractivity contribution in [1.29, 1.82) is 0 Å². The molecule has 114 valence electrons. The Morgan fingerprint density at radius 1 is 1.33 bits per heavy atom. The number of nitrogens with one attached hydrogen (secondary N) is 1. The van der Waals surface area contributed by atoms with Gasteiger partial charge in [0.2, 0.25) is 0 Å². The summed E-state index contributed by atoms with van der Waals surface area (Å²) in [7, 11) is 0. The fourth-order valence-corrected chi connectivity index (χ4v) is 2.93. The average molecular weight is 372 g/mol. The maximum atomic E-state index is 6.17. The molecule has 1 aromatic heterocycles. The molecule has 0 radical (unpaired) electrons. The van der Waals surface area contributed by atoms with E-state index >= 15 is 0 Å². The highest BCUT2D eigenvalue weighted by Crippen LogP contribution is 2.30. The monoisotopic (exact) mass is 370 g/mol. The minimum Gasteiger partial charge on any atom is -0.305 e. The van der Waals surface area contributed by atoms with Crippen LogP contribution in [0.2, 0.25) is 5.02 Å². The molecule has 0 aliphatic heterocycles. The van der Waals surface area contributed by atoms with Gasteiger partial charge in [0.1, 0.15) is 0 Å². The van der Waals surface area contributed by atoms with Crippen LogP contribution < -0.4 is 5.32 Å². The molecular formula is C15H20BrClN4. The van der Waals surface area contributed by atoms with Crippen LogP contribution in [0, 0.1) is 0 Å². The first kappa shape index (κ1) is 16.5. The van der Waals surface area contributed by atoms with Gasteiger partial charge in [-0.15, -0.1) is 5.10 Å². The van der Waals surface area contributed by atoms with E-state index in [1.54, 1.807) is 0 Å². The zero-order chi connectivity index (χ0) is 15.2. The summed E-state index contributed by atoms with van der Waals surface area (Å²) in [5.41, 5.74) is 2.17. The lowest BCUT2D eigenvalue weighted by Gasteiger charge is -2.21. The molecule has 0 aliphatic rings. The van der Waals surface area contributed by atoms with Gasteiger partial charge in [0.05, 0.1) is 17.9 Å². The van der Waals surface area contributed by atoms with E-state index in [0.29, 0.717) is 0 Å². The van der Waals surface area contributed by atoms with E-state index in [4.69, 9.17) is 11.6 Å². The van der Waals surface area contributed by atoms with Crippen molar-refractivity contribution in [1.82, 2.24) is 20.3 Å². The van der Waals surface area contributed by atoms with Crippen molar-refractivity contribution in [2.24, 2.45) is 0 Å². The van der Waals surface area contributed by atoms with Gasteiger partial charge < -0.3 is 5.32 Å². The van der Waals surface area contributed by atoms with Gasteiger partial charge in [0, 0.05) is 16.0 Å². The SMILES string of the molecule is CCCNC(c1cc(Cl)ccc1Br)c1cnnn1CCC. The maximum Gasteiger partial charge on any atom is 0.0802 e. The molecule has 6 heteroatoms. The maximum absolute atomic E-state index is 6.17. The van der Waals surface area contributed by atoms with Crippen LogP contribution in [0.15, 0.2) is 28.9 Å². The molecule has 0 amide bonds. The van der Waals surface area contributed by atoms with Crippen LogP contribution in [-0.4, -0.2) is 21.5 Å². The number of halogens is 2. The Balaban J connectivity index is 2.42. The van der Waals surface area contributed by atoms with E-state index in [2.05, 4.69) is 45.4 Å². The number of aryl methyl sites for hydroxylation is 1. The third kappa shape index (κ3) is 4.05. The number of nitrogens with zero attached hydrogens (tertiary/aromatic N) is 3. The standard InChI is InChI=1S/C15H20BrClN4/c1-3-7-18-15(12-9-11(17)5-6-13(12)16)14-10-19-20-21(14)8-4-2/h5-6,9-10,15,18H,3-4,7-8H2,1-2H3. The predicted octanol–water partition coefficient (Wildman–Crippen LogP) is 4.19. The molecule has 0 fully saturated rings. The normalized spacial score (nSPS) is 12.6. The van der Waals surface area contributed by atoms with Crippen LogP contribution in [0.1, 0.15) is 44.0 Å². The quantitative estimate of drug-likeness (QED) is 0.793. The van der Waals surface area contributed by atoms with E-state index in [1.807, 2.05) is 29.1 Å². The lowest BCUT2D eigenvalue weighted by molar-refractivity contribution is 0.503. The summed E-state index contributed by atoms with van der Waals surface area (Å²) < 4.78 is 2.99. The average Bonchev–Trinajstić information content (AvgIpc) is 2.92. The summed E-state index contributed by atoms with van der Waals surface area (Å²) in [6.07, 6.45) is 3.91. The van der Waals surface area contributed by atoms with Crippen molar-refractivity contribution >= 4 is 27.5 Å². The van der Waals surface area contributed by atoms with Crippen molar-refractivity contribution in [3.05, 3.63) is 45.1 Å². The van der Waals surface area contributed by atoms with Crippen LogP contribution in [-0.2, 0) is 6.54 Å². The largest absolute Gasteiger partial charge is 0.305 e. The molecule has 0 saturated heterocycles. The first-order valence-electron chi connectivity index (χ1n) is 7.24. The molecule has 0 saturated carbocycles. The van der Waals surface area contributed by atoms with Crippen LogP contribution in [0.3, 0.4) is 0 Å². The fourth-order valence-electron chi connectivity index (χ4n) is 2.27. The number of hydrogen-bond donors (Lipinski definition) is 1. The summed E-state index contributed by atoms with van der Waals surface area (Å²) in [4.78, 5) is 0. The number of rotatable bonds is 7. The van der Waals surface area contributed by atoms with E-state index in [9.17, 15) is 0 Å². The molecule has 2 rings (SSSR count). The molecular weight excluding hydrogens is 352 g/mol. The van der Waals surface area contributed by atoms with E-state index < -0.39 is 0 Å². The van der Waals surface area contributed by atoms with Gasteiger partial charge in [0.15, 0.2) is 0 Å². The third-order valence-corrected chi connectivity index (χ3v) is 4.20. The summed E-state index contributed by atoms with van der Waals surface area (Å²) in [6.45, 7) is 6.06. The molecule has 2 aromatic rings. The molecule has 0 aliphatic carbocycles. The van der Waals surface area contributed by atoms with Crippen molar-refractivity contribution in [2.45, 2.75) is 39.3 Å². The summed E-state index contributed by atoms with van der Waals surface area (Å²) in [5, 5.41) is 12.6. The van der Waals surface area contributed by atoms with Crippen LogP contribution in [0.25, 0.3) is 0 Å². The minimum absolute atomic E-state index is 0.0274. The molecule has 21 heavy (non-hydrogen) atoms. The molecule has 1 aromatic carbocycles. The Kier molecular flexibility index (Phi) is 6.21. The second kappa shape index (κ2) is 7.92. The zero-order valence-corrected chi connectivity index (χ0v) is 14.7. The molecule has 0 spiro atoms. The van der Waals surface area contributed by atoms with Crippen molar-refractivity contribution in [3.8, 4) is 0 Å². The van der Waals surface area contributed by atoms with E-state index in [-0.39, 0.29) is 6.04 Å². The number of benzene rings is 1. The molecule has 1 heterocycles. The molecule has 0 bridgehead atoms. The lowest BCUT2D eigenvalue weighted by atomic mass is 10.0. The zero-order valence-electron chi connectivity index (χ0n) is 12.3. The minimum atomic E-state index is 0.0274. The highest BCUT2D eigenvalue weighted by atomic mass is 79.9.